The van der Waals surface area contributed by atoms with Crippen molar-refractivity contribution >= 4 is 17.0 Å². The van der Waals surface area contributed by atoms with E-state index >= 15 is 0 Å². The van der Waals surface area contributed by atoms with Crippen molar-refractivity contribution in [1.82, 2.24) is 24.5 Å². The van der Waals surface area contributed by atoms with Gasteiger partial charge in [0.15, 0.2) is 5.65 Å². The van der Waals surface area contributed by atoms with Gasteiger partial charge < -0.3 is 5.32 Å². The maximum atomic E-state index is 13.2. The Labute approximate surface area is 157 Å². The number of hydrogen-bond acceptors (Lipinski definition) is 6. The molecule has 0 unspecified atom stereocenters. The number of nitrogens with zero attached hydrogens (tertiary/aromatic N) is 4. The van der Waals surface area contributed by atoms with Crippen LogP contribution < -0.4 is 16.6 Å². The summed E-state index contributed by atoms with van der Waals surface area (Å²) in [6, 6.07) is 9.56. The number of hydrogen-bond donors (Lipinski definition) is 2. The molecule has 1 aromatic carbocycles. The number of pyridine rings is 1. The van der Waals surface area contributed by atoms with Crippen LogP contribution in [0.3, 0.4) is 0 Å². The van der Waals surface area contributed by atoms with Crippen LogP contribution in [0.15, 0.2) is 64.6 Å². The first-order chi connectivity index (χ1) is 13.6. The number of anilines is 1. The van der Waals surface area contributed by atoms with E-state index in [1.54, 1.807) is 24.4 Å². The molecule has 0 bridgehead atoms. The van der Waals surface area contributed by atoms with Gasteiger partial charge in [0.25, 0.3) is 5.56 Å². The quantitative estimate of drug-likeness (QED) is 0.547. The largest absolute Gasteiger partial charge is 0.354 e. The number of benzene rings is 1. The zero-order valence-electron chi connectivity index (χ0n) is 14.6. The molecule has 0 aliphatic rings. The number of fused-ring (bicyclic) bond motifs is 1. The van der Waals surface area contributed by atoms with Gasteiger partial charge in [0, 0.05) is 18.9 Å². The van der Waals surface area contributed by atoms with Gasteiger partial charge in [0.1, 0.15) is 11.2 Å². The van der Waals surface area contributed by atoms with Crippen molar-refractivity contribution in [3.05, 3.63) is 87.2 Å². The van der Waals surface area contributed by atoms with Crippen molar-refractivity contribution in [1.29, 1.82) is 0 Å². The first-order valence-corrected chi connectivity index (χ1v) is 8.52. The second-order valence-corrected chi connectivity index (χ2v) is 6.04. The fourth-order valence-electron chi connectivity index (χ4n) is 2.82. The lowest BCUT2D eigenvalue weighted by Gasteiger charge is -2.08. The van der Waals surface area contributed by atoms with Crippen LogP contribution in [-0.2, 0) is 6.42 Å². The first kappa shape index (κ1) is 17.5. The second-order valence-electron chi connectivity index (χ2n) is 6.04. The molecule has 3 heterocycles. The third kappa shape index (κ3) is 3.50. The summed E-state index contributed by atoms with van der Waals surface area (Å²) < 4.78 is 14.2. The van der Waals surface area contributed by atoms with Crippen LogP contribution >= 0.6 is 0 Å². The maximum absolute atomic E-state index is 13.2. The molecule has 0 aliphatic heterocycles. The Hall–Kier alpha value is -3.88. The van der Waals surface area contributed by atoms with Crippen molar-refractivity contribution in [3.63, 3.8) is 0 Å². The smallest absolute Gasteiger partial charge is 0.334 e. The van der Waals surface area contributed by atoms with Gasteiger partial charge in [0.05, 0.1) is 11.9 Å². The summed E-state index contributed by atoms with van der Waals surface area (Å²) >= 11 is 0. The molecular formula is C19H15FN6O2. The van der Waals surface area contributed by atoms with E-state index in [9.17, 15) is 14.0 Å². The summed E-state index contributed by atoms with van der Waals surface area (Å²) in [7, 11) is 0. The number of aromatic amines is 1. The molecule has 0 saturated carbocycles. The van der Waals surface area contributed by atoms with E-state index in [1.807, 2.05) is 6.07 Å². The molecule has 4 rings (SSSR count). The second kappa shape index (κ2) is 7.39. The van der Waals surface area contributed by atoms with Crippen LogP contribution in [0.1, 0.15) is 5.56 Å². The average molecular weight is 378 g/mol. The molecule has 0 spiro atoms. The molecule has 2 N–H and O–H groups in total. The molecule has 0 saturated heterocycles. The van der Waals surface area contributed by atoms with Gasteiger partial charge in [-0.2, -0.15) is 4.98 Å². The van der Waals surface area contributed by atoms with Gasteiger partial charge in [-0.05, 0) is 36.2 Å². The molecular weight excluding hydrogens is 363 g/mol. The Morgan fingerprint density at radius 3 is 2.82 bits per heavy atom. The van der Waals surface area contributed by atoms with Gasteiger partial charge in [0.2, 0.25) is 5.95 Å². The highest BCUT2D eigenvalue weighted by Crippen LogP contribution is 2.08. The van der Waals surface area contributed by atoms with E-state index in [1.165, 1.54) is 24.5 Å². The minimum absolute atomic E-state index is 0.137. The zero-order chi connectivity index (χ0) is 19.5. The Morgan fingerprint density at radius 1 is 1.14 bits per heavy atom. The molecule has 28 heavy (non-hydrogen) atoms. The molecule has 9 heteroatoms. The lowest BCUT2D eigenvalue weighted by atomic mass is 10.1. The van der Waals surface area contributed by atoms with Gasteiger partial charge in [-0.25, -0.2) is 18.7 Å². The molecule has 0 atom stereocenters. The Balaban J connectivity index is 1.60. The molecule has 0 aliphatic carbocycles. The highest BCUT2D eigenvalue weighted by Gasteiger charge is 2.11. The summed E-state index contributed by atoms with van der Waals surface area (Å²) in [6.07, 6.45) is 4.90. The van der Waals surface area contributed by atoms with E-state index in [-0.39, 0.29) is 22.8 Å². The lowest BCUT2D eigenvalue weighted by molar-refractivity contribution is 0.625. The van der Waals surface area contributed by atoms with Crippen LogP contribution in [-0.4, -0.2) is 31.0 Å². The molecule has 8 nitrogen and oxygen atoms in total. The van der Waals surface area contributed by atoms with Crippen LogP contribution in [0.2, 0.25) is 0 Å². The third-order valence-corrected chi connectivity index (χ3v) is 4.14. The van der Waals surface area contributed by atoms with Crippen molar-refractivity contribution in [2.75, 3.05) is 11.9 Å². The Kier molecular flexibility index (Phi) is 4.63. The Morgan fingerprint density at radius 2 is 2.04 bits per heavy atom. The molecule has 0 radical (unpaired) electrons. The molecule has 3 aromatic heterocycles. The first-order valence-electron chi connectivity index (χ1n) is 8.52. The predicted molar refractivity (Wildman–Crippen MR) is 102 cm³/mol. The minimum Gasteiger partial charge on any atom is -0.354 e. The lowest BCUT2D eigenvalue weighted by Crippen LogP contribution is -2.34. The Bertz CT molecular complexity index is 1250. The van der Waals surface area contributed by atoms with Crippen molar-refractivity contribution in [2.45, 2.75) is 6.42 Å². The molecule has 0 fully saturated rings. The molecule has 4 aromatic rings. The maximum Gasteiger partial charge on any atom is 0.334 e. The van der Waals surface area contributed by atoms with Crippen LogP contribution in [0.4, 0.5) is 10.3 Å². The van der Waals surface area contributed by atoms with Crippen molar-refractivity contribution in [3.8, 4) is 5.69 Å². The third-order valence-electron chi connectivity index (χ3n) is 4.14. The summed E-state index contributed by atoms with van der Waals surface area (Å²) in [5.74, 6) is -0.0278. The van der Waals surface area contributed by atoms with E-state index < -0.39 is 11.2 Å². The normalized spacial score (nSPS) is 10.9. The number of H-pyrrole nitrogens is 1. The van der Waals surface area contributed by atoms with Gasteiger partial charge in [-0.1, -0.05) is 12.1 Å². The highest BCUT2D eigenvalue weighted by atomic mass is 19.1. The highest BCUT2D eigenvalue weighted by molar-refractivity contribution is 5.73. The summed E-state index contributed by atoms with van der Waals surface area (Å²) in [4.78, 5) is 39.9. The fourth-order valence-corrected chi connectivity index (χ4v) is 2.82. The predicted octanol–water partition coefficient (Wildman–Crippen LogP) is 1.66. The van der Waals surface area contributed by atoms with Crippen molar-refractivity contribution < 1.29 is 4.39 Å². The van der Waals surface area contributed by atoms with Gasteiger partial charge >= 0.3 is 5.69 Å². The van der Waals surface area contributed by atoms with E-state index in [0.717, 1.165) is 10.1 Å². The zero-order valence-corrected chi connectivity index (χ0v) is 14.6. The monoisotopic (exact) mass is 378 g/mol. The number of aromatic nitrogens is 5. The number of halogens is 1. The van der Waals surface area contributed by atoms with Crippen LogP contribution in [0.25, 0.3) is 16.7 Å². The van der Waals surface area contributed by atoms with Crippen LogP contribution in [0, 0.1) is 5.82 Å². The number of nitrogens with one attached hydrogen (secondary N) is 2. The van der Waals surface area contributed by atoms with Gasteiger partial charge in [-0.15, -0.1) is 0 Å². The molecule has 140 valence electrons. The average Bonchev–Trinajstić information content (AvgIpc) is 2.69. The van der Waals surface area contributed by atoms with E-state index in [4.69, 9.17) is 0 Å². The topological polar surface area (TPSA) is 106 Å². The molecule has 0 amide bonds. The standard InChI is InChI=1S/C19H15FN6O2/c20-13-4-1-3-12(9-13)6-8-22-18-23-11-15-16(24-18)25-19(28)26(17(15)27)14-5-2-7-21-10-14/h1-5,7,9-11H,6,8H2,(H2,22,23,24,25,28). The summed E-state index contributed by atoms with van der Waals surface area (Å²) in [5, 5.41) is 3.18. The van der Waals surface area contributed by atoms with Crippen LogP contribution in [0.5, 0.6) is 0 Å². The van der Waals surface area contributed by atoms with Gasteiger partial charge in [-0.3, -0.25) is 14.8 Å². The SMILES string of the molecule is O=c1[nH]c2nc(NCCc3cccc(F)c3)ncc2c(=O)n1-c1cccnc1. The van der Waals surface area contributed by atoms with E-state index in [2.05, 4.69) is 25.3 Å². The summed E-state index contributed by atoms with van der Waals surface area (Å²) in [5.41, 5.74) is 0.181. The summed E-state index contributed by atoms with van der Waals surface area (Å²) in [6.45, 7) is 0.464. The number of rotatable bonds is 5. The minimum atomic E-state index is -0.616. The van der Waals surface area contributed by atoms with Crippen molar-refractivity contribution in [2.24, 2.45) is 0 Å². The van der Waals surface area contributed by atoms with E-state index in [0.29, 0.717) is 18.7 Å². The fraction of sp³-hybridized carbons (Fsp3) is 0.105.